The minimum Gasteiger partial charge on any atom is -0.396 e. The molecule has 17 heavy (non-hydrogen) atoms. The monoisotopic (exact) mass is 235 g/mol. The summed E-state index contributed by atoms with van der Waals surface area (Å²) >= 11 is 0. The average molecular weight is 235 g/mol. The van der Waals surface area contributed by atoms with Crippen LogP contribution in [0.15, 0.2) is 12.4 Å². The number of nitrogens with two attached hydrogens (primary N) is 1. The molecule has 1 fully saturated rings. The fourth-order valence-electron chi connectivity index (χ4n) is 2.21. The summed E-state index contributed by atoms with van der Waals surface area (Å²) in [5, 5.41) is 3.37. The molecule has 5 heteroatoms. The van der Waals surface area contributed by atoms with Gasteiger partial charge in [-0.05, 0) is 25.8 Å². The number of nitrogen functional groups attached to an aromatic ring is 1. The third-order valence-electron chi connectivity index (χ3n) is 3.13. The van der Waals surface area contributed by atoms with Crippen molar-refractivity contribution in [2.75, 3.05) is 30.7 Å². The molecule has 3 N–H and O–H groups in total. The maximum Gasteiger partial charge on any atom is 0.222 e. The van der Waals surface area contributed by atoms with Crippen LogP contribution in [-0.4, -0.2) is 40.5 Å². The van der Waals surface area contributed by atoms with Gasteiger partial charge in [-0.1, -0.05) is 6.92 Å². The van der Waals surface area contributed by atoms with Crippen LogP contribution in [0.25, 0.3) is 0 Å². The van der Waals surface area contributed by atoms with E-state index in [4.69, 9.17) is 5.73 Å². The first-order chi connectivity index (χ1) is 8.28. The second kappa shape index (κ2) is 5.82. The fourth-order valence-corrected chi connectivity index (χ4v) is 2.21. The van der Waals surface area contributed by atoms with Crippen LogP contribution in [0, 0.1) is 0 Å². The van der Waals surface area contributed by atoms with E-state index in [0.29, 0.717) is 17.7 Å². The molecule has 0 bridgehead atoms. The topological polar surface area (TPSA) is 67.1 Å². The Kier molecular flexibility index (Phi) is 4.14. The second-order valence-corrected chi connectivity index (χ2v) is 4.60. The van der Waals surface area contributed by atoms with E-state index in [0.717, 1.165) is 12.8 Å². The highest BCUT2D eigenvalue weighted by molar-refractivity contribution is 5.36. The van der Waals surface area contributed by atoms with Gasteiger partial charge in [-0.15, -0.1) is 0 Å². The van der Waals surface area contributed by atoms with Gasteiger partial charge in [0.2, 0.25) is 5.95 Å². The molecule has 0 unspecified atom stereocenters. The van der Waals surface area contributed by atoms with Gasteiger partial charge in [0.1, 0.15) is 0 Å². The van der Waals surface area contributed by atoms with Crippen molar-refractivity contribution in [1.29, 1.82) is 0 Å². The van der Waals surface area contributed by atoms with Gasteiger partial charge in [-0.25, -0.2) is 9.97 Å². The van der Waals surface area contributed by atoms with Crippen LogP contribution < -0.4 is 11.1 Å². The van der Waals surface area contributed by atoms with E-state index in [1.54, 1.807) is 12.4 Å². The molecule has 5 nitrogen and oxygen atoms in total. The first kappa shape index (κ1) is 12.1. The molecule has 0 aliphatic carbocycles. The summed E-state index contributed by atoms with van der Waals surface area (Å²) in [6, 6.07) is 0.492. The number of aromatic nitrogens is 2. The Labute approximate surface area is 102 Å². The SMILES string of the molecule is CCCN1CCC(Nc2ncc(N)cn2)CC1. The molecule has 0 saturated carbocycles. The Hall–Kier alpha value is -1.36. The number of likely N-dealkylation sites (tertiary alicyclic amines) is 1. The zero-order valence-corrected chi connectivity index (χ0v) is 10.4. The van der Waals surface area contributed by atoms with Crippen molar-refractivity contribution in [2.24, 2.45) is 0 Å². The Bertz CT molecular complexity index is 329. The van der Waals surface area contributed by atoms with Crippen molar-refractivity contribution < 1.29 is 0 Å². The molecule has 0 atom stereocenters. The molecule has 0 aromatic carbocycles. The summed E-state index contributed by atoms with van der Waals surface area (Å²) in [6.45, 7) is 5.78. The molecule has 1 aromatic heterocycles. The highest BCUT2D eigenvalue weighted by Gasteiger charge is 2.18. The first-order valence-electron chi connectivity index (χ1n) is 6.34. The first-order valence-corrected chi connectivity index (χ1v) is 6.34. The zero-order valence-electron chi connectivity index (χ0n) is 10.4. The molecular weight excluding hydrogens is 214 g/mol. The molecule has 1 aliphatic rings. The molecule has 1 saturated heterocycles. The second-order valence-electron chi connectivity index (χ2n) is 4.60. The van der Waals surface area contributed by atoms with Gasteiger partial charge in [0.25, 0.3) is 0 Å². The van der Waals surface area contributed by atoms with Gasteiger partial charge in [0.05, 0.1) is 18.1 Å². The fraction of sp³-hybridized carbons (Fsp3) is 0.667. The summed E-state index contributed by atoms with van der Waals surface area (Å²) in [5.41, 5.74) is 6.16. The van der Waals surface area contributed by atoms with E-state index >= 15 is 0 Å². The molecule has 1 aromatic rings. The van der Waals surface area contributed by atoms with Crippen LogP contribution in [0.1, 0.15) is 26.2 Å². The number of hydrogen-bond donors (Lipinski definition) is 2. The maximum atomic E-state index is 5.55. The predicted molar refractivity (Wildman–Crippen MR) is 69.8 cm³/mol. The van der Waals surface area contributed by atoms with E-state index in [1.807, 2.05) is 0 Å². The van der Waals surface area contributed by atoms with E-state index in [-0.39, 0.29) is 0 Å². The number of nitrogens with zero attached hydrogens (tertiary/aromatic N) is 3. The Morgan fingerprint density at radius 1 is 1.35 bits per heavy atom. The van der Waals surface area contributed by atoms with Crippen LogP contribution in [0.4, 0.5) is 11.6 Å². The molecule has 0 spiro atoms. The quantitative estimate of drug-likeness (QED) is 0.824. The van der Waals surface area contributed by atoms with E-state index in [1.165, 1.54) is 26.1 Å². The lowest BCUT2D eigenvalue weighted by Gasteiger charge is -2.32. The number of piperidine rings is 1. The van der Waals surface area contributed by atoms with Crippen molar-refractivity contribution >= 4 is 11.6 Å². The number of nitrogens with one attached hydrogen (secondary N) is 1. The van der Waals surface area contributed by atoms with Gasteiger partial charge in [0.15, 0.2) is 0 Å². The van der Waals surface area contributed by atoms with Gasteiger partial charge in [-0.2, -0.15) is 0 Å². The third-order valence-corrected chi connectivity index (χ3v) is 3.13. The van der Waals surface area contributed by atoms with Crippen LogP contribution in [0.3, 0.4) is 0 Å². The molecule has 94 valence electrons. The third kappa shape index (κ3) is 3.56. The van der Waals surface area contributed by atoms with Gasteiger partial charge in [-0.3, -0.25) is 0 Å². The van der Waals surface area contributed by atoms with Crippen LogP contribution >= 0.6 is 0 Å². The minimum atomic E-state index is 0.492. The molecule has 2 heterocycles. The van der Waals surface area contributed by atoms with Crippen molar-refractivity contribution in [3.8, 4) is 0 Å². The lowest BCUT2D eigenvalue weighted by Crippen LogP contribution is -2.39. The van der Waals surface area contributed by atoms with Crippen molar-refractivity contribution in [1.82, 2.24) is 14.9 Å². The minimum absolute atomic E-state index is 0.492. The number of hydrogen-bond acceptors (Lipinski definition) is 5. The van der Waals surface area contributed by atoms with Gasteiger partial charge >= 0.3 is 0 Å². The lowest BCUT2D eigenvalue weighted by atomic mass is 10.1. The van der Waals surface area contributed by atoms with Crippen molar-refractivity contribution in [2.45, 2.75) is 32.2 Å². The standard InChI is InChI=1S/C12H21N5/c1-2-5-17-6-3-11(4-7-17)16-12-14-8-10(13)9-15-12/h8-9,11H,2-7,13H2,1H3,(H,14,15,16). The summed E-state index contributed by atoms with van der Waals surface area (Å²) < 4.78 is 0. The van der Waals surface area contributed by atoms with E-state index in [2.05, 4.69) is 27.1 Å². The van der Waals surface area contributed by atoms with Crippen LogP contribution in [0.2, 0.25) is 0 Å². The van der Waals surface area contributed by atoms with E-state index in [9.17, 15) is 0 Å². The van der Waals surface area contributed by atoms with Crippen molar-refractivity contribution in [3.05, 3.63) is 12.4 Å². The van der Waals surface area contributed by atoms with Gasteiger partial charge < -0.3 is 16.0 Å². The van der Waals surface area contributed by atoms with Crippen LogP contribution in [0.5, 0.6) is 0 Å². The molecule has 2 rings (SSSR count). The maximum absolute atomic E-state index is 5.55. The van der Waals surface area contributed by atoms with Crippen LogP contribution in [-0.2, 0) is 0 Å². The Morgan fingerprint density at radius 2 is 2.00 bits per heavy atom. The predicted octanol–water partition coefficient (Wildman–Crippen LogP) is 1.35. The average Bonchev–Trinajstić information content (AvgIpc) is 2.35. The summed E-state index contributed by atoms with van der Waals surface area (Å²) in [5.74, 6) is 0.688. The Balaban J connectivity index is 1.79. The highest BCUT2D eigenvalue weighted by Crippen LogP contribution is 2.14. The highest BCUT2D eigenvalue weighted by atomic mass is 15.2. The Morgan fingerprint density at radius 3 is 2.59 bits per heavy atom. The summed E-state index contributed by atoms with van der Waals surface area (Å²) in [7, 11) is 0. The number of rotatable bonds is 4. The molecule has 0 radical (unpaired) electrons. The molecule has 0 amide bonds. The van der Waals surface area contributed by atoms with Gasteiger partial charge in [0, 0.05) is 19.1 Å². The molecule has 1 aliphatic heterocycles. The zero-order chi connectivity index (χ0) is 12.1. The summed E-state index contributed by atoms with van der Waals surface area (Å²) in [6.07, 6.45) is 6.84. The smallest absolute Gasteiger partial charge is 0.222 e. The summed E-state index contributed by atoms with van der Waals surface area (Å²) in [4.78, 5) is 10.8. The number of anilines is 2. The lowest BCUT2D eigenvalue weighted by molar-refractivity contribution is 0.219. The van der Waals surface area contributed by atoms with E-state index < -0.39 is 0 Å². The largest absolute Gasteiger partial charge is 0.396 e. The molecular formula is C12H21N5. The van der Waals surface area contributed by atoms with Crippen molar-refractivity contribution in [3.63, 3.8) is 0 Å². The normalized spacial score (nSPS) is 18.2.